The second-order valence-electron chi connectivity index (χ2n) is 8.88. The molecule has 6 rings (SSSR count). The summed E-state index contributed by atoms with van der Waals surface area (Å²) in [5.41, 5.74) is 3.33. The van der Waals surface area contributed by atoms with Crippen LogP contribution in [0.4, 0.5) is 0 Å². The number of quaternary nitrogens is 1. The van der Waals surface area contributed by atoms with Crippen molar-refractivity contribution in [1.29, 1.82) is 0 Å². The summed E-state index contributed by atoms with van der Waals surface area (Å²) in [6.07, 6.45) is 5.79. The molecule has 2 aromatic carbocycles. The monoisotopic (exact) mass is 404 g/mol. The van der Waals surface area contributed by atoms with Gasteiger partial charge in [-0.1, -0.05) is 54.6 Å². The Hall–Kier alpha value is -2.56. The molecule has 3 aliphatic rings. The van der Waals surface area contributed by atoms with Crippen LogP contribution in [-0.4, -0.2) is 33.7 Å². The zero-order valence-corrected chi connectivity index (χ0v) is 17.2. The Balaban J connectivity index is 0.00000218. The van der Waals surface area contributed by atoms with Crippen LogP contribution < -0.4 is 4.70 Å². The molecule has 5 atom stereocenters. The third-order valence-corrected chi connectivity index (χ3v) is 7.38. The maximum atomic E-state index is 11.7. The average molecular weight is 405 g/mol. The lowest BCUT2D eigenvalue weighted by molar-refractivity contribution is -0.984. The van der Waals surface area contributed by atoms with E-state index in [0.29, 0.717) is 11.8 Å². The minimum Gasteiger partial charge on any atom is -1.00 e. The van der Waals surface area contributed by atoms with Gasteiger partial charge in [-0.15, -0.1) is 6.58 Å². The van der Waals surface area contributed by atoms with Gasteiger partial charge in [-0.2, -0.15) is 0 Å². The largest absolute Gasteiger partial charge is 1.00 e. The van der Waals surface area contributed by atoms with Crippen LogP contribution in [0.15, 0.2) is 79.5 Å². The van der Waals surface area contributed by atoms with Gasteiger partial charge < -0.3 is 14.3 Å². The van der Waals surface area contributed by atoms with Crippen LogP contribution in [0, 0.1) is 11.8 Å². The van der Waals surface area contributed by atoms with Crippen molar-refractivity contribution in [3.8, 4) is 0 Å². The fourth-order valence-electron chi connectivity index (χ4n) is 5.91. The molecule has 3 saturated heterocycles. The molecular formula is C26H29FN2O. The summed E-state index contributed by atoms with van der Waals surface area (Å²) < 4.78 is 0.953. The highest BCUT2D eigenvalue weighted by Crippen LogP contribution is 2.47. The zero-order valence-electron chi connectivity index (χ0n) is 17.2. The number of rotatable bonds is 5. The third kappa shape index (κ3) is 3.44. The van der Waals surface area contributed by atoms with E-state index >= 15 is 0 Å². The second-order valence-corrected chi connectivity index (χ2v) is 8.88. The summed E-state index contributed by atoms with van der Waals surface area (Å²) >= 11 is 0. The first-order valence-electron chi connectivity index (χ1n) is 10.7. The van der Waals surface area contributed by atoms with Gasteiger partial charge in [-0.25, -0.2) is 0 Å². The lowest BCUT2D eigenvalue weighted by atomic mass is 9.71. The van der Waals surface area contributed by atoms with E-state index in [2.05, 4.69) is 54.0 Å². The number of halogens is 1. The summed E-state index contributed by atoms with van der Waals surface area (Å²) in [7, 11) is 0. The Bertz CT molecular complexity index is 1020. The SMILES string of the molecule is C=C[C@H]1C[N+]2(Cc3ccccc3)CC[C@H]1C[C@@H]2[C@@H](O)c1ccnc2ccccc12.[F-]. The Labute approximate surface area is 177 Å². The number of hydrogen-bond acceptors (Lipinski definition) is 2. The third-order valence-electron chi connectivity index (χ3n) is 7.38. The van der Waals surface area contributed by atoms with Crippen LogP contribution in [0.25, 0.3) is 10.9 Å². The number of fused-ring (bicyclic) bond motifs is 4. The van der Waals surface area contributed by atoms with Gasteiger partial charge in [-0.3, -0.25) is 4.98 Å². The number of aliphatic hydroxyl groups is 1. The molecule has 1 aromatic heterocycles. The van der Waals surface area contributed by atoms with E-state index in [1.165, 1.54) is 12.0 Å². The summed E-state index contributed by atoms with van der Waals surface area (Å²) in [6.45, 7) is 7.32. The van der Waals surface area contributed by atoms with Crippen LogP contribution in [0.1, 0.15) is 30.1 Å². The topological polar surface area (TPSA) is 33.1 Å². The van der Waals surface area contributed by atoms with Gasteiger partial charge in [0.25, 0.3) is 0 Å². The van der Waals surface area contributed by atoms with Crippen molar-refractivity contribution < 1.29 is 14.3 Å². The molecule has 156 valence electrons. The van der Waals surface area contributed by atoms with Gasteiger partial charge in [0.1, 0.15) is 18.7 Å². The molecular weight excluding hydrogens is 375 g/mol. The molecule has 0 radical (unpaired) electrons. The predicted octanol–water partition coefficient (Wildman–Crippen LogP) is 1.88. The number of piperidine rings is 3. The molecule has 0 amide bonds. The summed E-state index contributed by atoms with van der Waals surface area (Å²) in [5, 5.41) is 12.8. The van der Waals surface area contributed by atoms with Crippen LogP contribution in [-0.2, 0) is 6.54 Å². The minimum absolute atomic E-state index is 0. The standard InChI is InChI=1S/C26H29N2O.FH/c1-2-20-18-28(17-19-8-4-3-5-9-19)15-13-21(20)16-25(28)26(29)23-12-14-27-24-11-7-6-10-22(23)24;/h2-12,14,20-21,25-26,29H,1,13,15-18H2;1H/q+1;/p-1/t20-,21-,25+,26-,28?;/m0./s1. The van der Waals surface area contributed by atoms with Crippen LogP contribution in [0.3, 0.4) is 0 Å². The van der Waals surface area contributed by atoms with Gasteiger partial charge in [-0.05, 0) is 23.6 Å². The summed E-state index contributed by atoms with van der Waals surface area (Å²) in [5.74, 6) is 1.18. The van der Waals surface area contributed by atoms with Gasteiger partial charge in [0, 0.05) is 35.9 Å². The van der Waals surface area contributed by atoms with Gasteiger partial charge in [0.15, 0.2) is 0 Å². The highest BCUT2D eigenvalue weighted by molar-refractivity contribution is 5.82. The number of para-hydroxylation sites is 1. The molecule has 3 aromatic rings. The van der Waals surface area contributed by atoms with E-state index < -0.39 is 6.10 Å². The van der Waals surface area contributed by atoms with Crippen LogP contribution >= 0.6 is 0 Å². The zero-order chi connectivity index (χ0) is 19.8. The van der Waals surface area contributed by atoms with E-state index in [1.807, 2.05) is 30.5 Å². The van der Waals surface area contributed by atoms with Crippen LogP contribution in [0.2, 0.25) is 0 Å². The van der Waals surface area contributed by atoms with Crippen molar-refractivity contribution in [3.05, 3.63) is 90.6 Å². The molecule has 1 unspecified atom stereocenters. The van der Waals surface area contributed by atoms with Gasteiger partial charge in [0.05, 0.1) is 18.6 Å². The summed E-state index contributed by atoms with van der Waals surface area (Å²) in [6, 6.07) is 21.2. The van der Waals surface area contributed by atoms with E-state index in [0.717, 1.165) is 47.0 Å². The highest BCUT2D eigenvalue weighted by Gasteiger charge is 2.53. The Morgan fingerprint density at radius 1 is 1.10 bits per heavy atom. The normalized spacial score (nSPS) is 28.6. The van der Waals surface area contributed by atoms with Crippen LogP contribution in [0.5, 0.6) is 0 Å². The molecule has 2 bridgehead atoms. The second kappa shape index (κ2) is 8.29. The Morgan fingerprint density at radius 3 is 2.67 bits per heavy atom. The molecule has 3 aliphatic heterocycles. The lowest BCUT2D eigenvalue weighted by Crippen LogP contribution is -3.00. The molecule has 3 fully saturated rings. The Kier molecular flexibility index (Phi) is 5.72. The van der Waals surface area contributed by atoms with Gasteiger partial charge >= 0.3 is 0 Å². The highest BCUT2D eigenvalue weighted by atomic mass is 19.0. The van der Waals surface area contributed by atoms with E-state index in [-0.39, 0.29) is 10.7 Å². The number of hydrogen-bond donors (Lipinski definition) is 1. The van der Waals surface area contributed by atoms with Crippen molar-refractivity contribution in [3.63, 3.8) is 0 Å². The maximum absolute atomic E-state index is 11.7. The molecule has 30 heavy (non-hydrogen) atoms. The molecule has 4 heterocycles. The number of benzene rings is 2. The molecule has 4 heteroatoms. The predicted molar refractivity (Wildman–Crippen MR) is 117 cm³/mol. The minimum atomic E-state index is -0.486. The first-order valence-corrected chi connectivity index (χ1v) is 10.7. The maximum Gasteiger partial charge on any atom is 0.131 e. The fourth-order valence-corrected chi connectivity index (χ4v) is 5.91. The number of aliphatic hydroxyl groups excluding tert-OH is 1. The van der Waals surface area contributed by atoms with Crippen molar-refractivity contribution in [2.24, 2.45) is 11.8 Å². The quantitative estimate of drug-likeness (QED) is 0.520. The van der Waals surface area contributed by atoms with E-state index in [1.54, 1.807) is 0 Å². The molecule has 3 nitrogen and oxygen atoms in total. The van der Waals surface area contributed by atoms with E-state index in [4.69, 9.17) is 0 Å². The lowest BCUT2D eigenvalue weighted by Gasteiger charge is -2.58. The van der Waals surface area contributed by atoms with E-state index in [9.17, 15) is 5.11 Å². The molecule has 0 aliphatic carbocycles. The van der Waals surface area contributed by atoms with Crippen molar-refractivity contribution in [2.75, 3.05) is 13.1 Å². The Morgan fingerprint density at radius 2 is 1.87 bits per heavy atom. The molecule has 1 N–H and O–H groups in total. The summed E-state index contributed by atoms with van der Waals surface area (Å²) in [4.78, 5) is 4.50. The van der Waals surface area contributed by atoms with Gasteiger partial charge in [0.2, 0.25) is 0 Å². The first-order chi connectivity index (χ1) is 14.2. The average Bonchev–Trinajstić information content (AvgIpc) is 2.78. The number of pyridine rings is 1. The molecule has 0 saturated carbocycles. The first kappa shape index (κ1) is 20.7. The smallest absolute Gasteiger partial charge is 0.131 e. The van der Waals surface area contributed by atoms with Crippen molar-refractivity contribution >= 4 is 10.9 Å². The van der Waals surface area contributed by atoms with Crippen molar-refractivity contribution in [2.45, 2.75) is 31.5 Å². The number of aromatic nitrogens is 1. The fraction of sp³-hybridized carbons (Fsp3) is 0.346. The number of nitrogens with zero attached hydrogens (tertiary/aromatic N) is 2. The van der Waals surface area contributed by atoms with Crippen molar-refractivity contribution in [1.82, 2.24) is 4.98 Å². The molecule has 0 spiro atoms.